The number of nitrogens with zero attached hydrogens (tertiary/aromatic N) is 3. The molecule has 0 aliphatic carbocycles. The normalized spacial score (nSPS) is 16.3. The molecule has 1 aliphatic heterocycles. The summed E-state index contributed by atoms with van der Waals surface area (Å²) in [5, 5.41) is 3.63. The van der Waals surface area contributed by atoms with Gasteiger partial charge in [0.05, 0.1) is 28.8 Å². The number of amides is 2. The summed E-state index contributed by atoms with van der Waals surface area (Å²) in [6.45, 7) is 3.87. The highest BCUT2D eigenvalue weighted by atomic mass is 35.5. The van der Waals surface area contributed by atoms with Crippen LogP contribution in [-0.2, 0) is 9.59 Å². The maximum atomic E-state index is 12.3. The molecule has 0 saturated carbocycles. The first kappa shape index (κ1) is 20.0. The van der Waals surface area contributed by atoms with Crippen molar-refractivity contribution in [2.75, 3.05) is 58.7 Å². The van der Waals surface area contributed by atoms with E-state index in [0.29, 0.717) is 22.3 Å². The lowest BCUT2D eigenvalue weighted by atomic mass is 10.3. The number of para-hydroxylation sites is 1. The Labute approximate surface area is 158 Å². The molecule has 1 heterocycles. The molecule has 1 aliphatic rings. The first-order valence-electron chi connectivity index (χ1n) is 8.25. The SMILES string of the molecule is CN(C)C(=O)CN1CCCN(CC(=O)Nc2c(Cl)cccc2Cl)CC1. The monoisotopic (exact) mass is 386 g/mol. The number of rotatable bonds is 5. The summed E-state index contributed by atoms with van der Waals surface area (Å²) in [4.78, 5) is 29.9. The molecule has 2 rings (SSSR count). The fourth-order valence-electron chi connectivity index (χ4n) is 2.67. The molecule has 138 valence electrons. The third-order valence-electron chi connectivity index (χ3n) is 4.13. The predicted octanol–water partition coefficient (Wildman–Crippen LogP) is 2.03. The summed E-state index contributed by atoms with van der Waals surface area (Å²) >= 11 is 12.2. The number of hydrogen-bond acceptors (Lipinski definition) is 4. The van der Waals surface area contributed by atoms with Crippen LogP contribution in [0, 0.1) is 0 Å². The molecule has 0 radical (unpaired) electrons. The molecule has 0 spiro atoms. The second kappa shape index (κ2) is 9.38. The van der Waals surface area contributed by atoms with Crippen molar-refractivity contribution >= 4 is 40.7 Å². The van der Waals surface area contributed by atoms with Crippen LogP contribution < -0.4 is 5.32 Å². The Bertz CT molecular complexity index is 604. The van der Waals surface area contributed by atoms with Gasteiger partial charge in [-0.2, -0.15) is 0 Å². The van der Waals surface area contributed by atoms with Gasteiger partial charge >= 0.3 is 0 Å². The maximum Gasteiger partial charge on any atom is 0.238 e. The highest BCUT2D eigenvalue weighted by Gasteiger charge is 2.20. The van der Waals surface area contributed by atoms with E-state index in [1.54, 1.807) is 37.2 Å². The van der Waals surface area contributed by atoms with E-state index in [1.807, 2.05) is 0 Å². The van der Waals surface area contributed by atoms with Crippen molar-refractivity contribution in [3.05, 3.63) is 28.2 Å². The van der Waals surface area contributed by atoms with Gasteiger partial charge in [-0.05, 0) is 31.6 Å². The summed E-state index contributed by atoms with van der Waals surface area (Å²) in [6.07, 6.45) is 0.917. The summed E-state index contributed by atoms with van der Waals surface area (Å²) < 4.78 is 0. The second-order valence-electron chi connectivity index (χ2n) is 6.34. The number of likely N-dealkylation sites (N-methyl/N-ethyl adjacent to an activating group) is 1. The average Bonchev–Trinajstić information content (AvgIpc) is 2.76. The Hall–Kier alpha value is -1.34. The second-order valence-corrected chi connectivity index (χ2v) is 7.15. The third-order valence-corrected chi connectivity index (χ3v) is 4.76. The van der Waals surface area contributed by atoms with Crippen LogP contribution >= 0.6 is 23.2 Å². The average molecular weight is 387 g/mol. The molecule has 25 heavy (non-hydrogen) atoms. The van der Waals surface area contributed by atoms with E-state index >= 15 is 0 Å². The van der Waals surface area contributed by atoms with Gasteiger partial charge in [0.2, 0.25) is 11.8 Å². The van der Waals surface area contributed by atoms with Crippen molar-refractivity contribution < 1.29 is 9.59 Å². The molecular formula is C17H24Cl2N4O2. The van der Waals surface area contributed by atoms with Crippen molar-refractivity contribution in [1.29, 1.82) is 0 Å². The van der Waals surface area contributed by atoms with Crippen LogP contribution in [0.25, 0.3) is 0 Å². The Morgan fingerprint density at radius 2 is 1.60 bits per heavy atom. The van der Waals surface area contributed by atoms with Crippen molar-refractivity contribution in [2.45, 2.75) is 6.42 Å². The number of anilines is 1. The van der Waals surface area contributed by atoms with Crippen molar-refractivity contribution in [3.63, 3.8) is 0 Å². The number of carbonyl (C=O) groups is 2. The molecule has 1 saturated heterocycles. The molecule has 1 aromatic rings. The van der Waals surface area contributed by atoms with Gasteiger partial charge in [-0.15, -0.1) is 0 Å². The van der Waals surface area contributed by atoms with Gasteiger partial charge in [-0.25, -0.2) is 0 Å². The fraction of sp³-hybridized carbons (Fsp3) is 0.529. The Balaban J connectivity index is 1.85. The molecule has 1 fully saturated rings. The van der Waals surface area contributed by atoms with E-state index in [1.165, 1.54) is 0 Å². The molecule has 0 atom stereocenters. The van der Waals surface area contributed by atoms with E-state index in [4.69, 9.17) is 23.2 Å². The first-order valence-corrected chi connectivity index (χ1v) is 9.01. The zero-order valence-corrected chi connectivity index (χ0v) is 16.1. The van der Waals surface area contributed by atoms with E-state index in [9.17, 15) is 9.59 Å². The first-order chi connectivity index (χ1) is 11.9. The van der Waals surface area contributed by atoms with Gasteiger partial charge in [-0.1, -0.05) is 29.3 Å². The Morgan fingerprint density at radius 3 is 2.16 bits per heavy atom. The van der Waals surface area contributed by atoms with Crippen LogP contribution in [0.4, 0.5) is 5.69 Å². The van der Waals surface area contributed by atoms with Crippen molar-refractivity contribution in [1.82, 2.24) is 14.7 Å². The molecular weight excluding hydrogens is 363 g/mol. The van der Waals surface area contributed by atoms with Crippen molar-refractivity contribution in [2.24, 2.45) is 0 Å². The Morgan fingerprint density at radius 1 is 1.04 bits per heavy atom. The van der Waals surface area contributed by atoms with Crippen LogP contribution in [0.1, 0.15) is 6.42 Å². The van der Waals surface area contributed by atoms with Gasteiger partial charge in [0.25, 0.3) is 0 Å². The van der Waals surface area contributed by atoms with Gasteiger partial charge in [-0.3, -0.25) is 19.4 Å². The molecule has 0 aromatic heterocycles. The van der Waals surface area contributed by atoms with Gasteiger partial charge in [0.15, 0.2) is 0 Å². The van der Waals surface area contributed by atoms with Crippen LogP contribution in [0.3, 0.4) is 0 Å². The van der Waals surface area contributed by atoms with Crippen LogP contribution in [0.2, 0.25) is 10.0 Å². The quantitative estimate of drug-likeness (QED) is 0.840. The largest absolute Gasteiger partial charge is 0.348 e. The van der Waals surface area contributed by atoms with E-state index in [-0.39, 0.29) is 18.4 Å². The summed E-state index contributed by atoms with van der Waals surface area (Å²) in [5.41, 5.74) is 0.448. The Kier molecular flexibility index (Phi) is 7.50. The van der Waals surface area contributed by atoms with E-state index in [2.05, 4.69) is 15.1 Å². The molecule has 6 nitrogen and oxygen atoms in total. The smallest absolute Gasteiger partial charge is 0.238 e. The van der Waals surface area contributed by atoms with Crippen molar-refractivity contribution in [3.8, 4) is 0 Å². The van der Waals surface area contributed by atoms with E-state index in [0.717, 1.165) is 32.6 Å². The summed E-state index contributed by atoms with van der Waals surface area (Å²) in [5.74, 6) is -0.0487. The van der Waals surface area contributed by atoms with E-state index < -0.39 is 0 Å². The van der Waals surface area contributed by atoms with Gasteiger partial charge < -0.3 is 10.2 Å². The number of halogens is 2. The zero-order valence-electron chi connectivity index (χ0n) is 14.6. The lowest BCUT2D eigenvalue weighted by molar-refractivity contribution is -0.129. The summed E-state index contributed by atoms with van der Waals surface area (Å²) in [6, 6.07) is 5.11. The molecule has 8 heteroatoms. The number of carbonyl (C=O) groups excluding carboxylic acids is 2. The zero-order chi connectivity index (χ0) is 18.4. The third kappa shape index (κ3) is 6.15. The van der Waals surface area contributed by atoms with Crippen LogP contribution in [0.5, 0.6) is 0 Å². The molecule has 1 aromatic carbocycles. The van der Waals surface area contributed by atoms with Gasteiger partial charge in [0.1, 0.15) is 0 Å². The number of benzene rings is 1. The standard InChI is InChI=1S/C17H24Cl2N4O2/c1-21(2)16(25)12-23-8-4-7-22(9-10-23)11-15(24)20-17-13(18)5-3-6-14(17)19/h3,5-6H,4,7-12H2,1-2H3,(H,20,24). The minimum Gasteiger partial charge on any atom is -0.348 e. The molecule has 0 bridgehead atoms. The lowest BCUT2D eigenvalue weighted by Gasteiger charge is -2.22. The number of hydrogen-bond donors (Lipinski definition) is 1. The van der Waals surface area contributed by atoms with Crippen LogP contribution in [0.15, 0.2) is 18.2 Å². The summed E-state index contributed by atoms with van der Waals surface area (Å²) in [7, 11) is 3.52. The molecule has 2 amide bonds. The highest BCUT2D eigenvalue weighted by molar-refractivity contribution is 6.39. The van der Waals surface area contributed by atoms with Crippen LogP contribution in [-0.4, -0.2) is 79.9 Å². The lowest BCUT2D eigenvalue weighted by Crippen LogP contribution is -2.39. The minimum absolute atomic E-state index is 0.0968. The minimum atomic E-state index is -0.146. The maximum absolute atomic E-state index is 12.3. The number of nitrogens with one attached hydrogen (secondary N) is 1. The predicted molar refractivity (Wildman–Crippen MR) is 101 cm³/mol. The highest BCUT2D eigenvalue weighted by Crippen LogP contribution is 2.29. The van der Waals surface area contributed by atoms with Gasteiger partial charge in [0, 0.05) is 27.2 Å². The topological polar surface area (TPSA) is 55.9 Å². The fourth-order valence-corrected chi connectivity index (χ4v) is 3.16. The molecule has 1 N–H and O–H groups in total. The molecule has 0 unspecified atom stereocenters.